The molecule has 0 saturated heterocycles. The number of nitrogens with zero attached hydrogens (tertiary/aromatic N) is 4. The number of nitrogens with one attached hydrogen (secondary N) is 2. The normalized spacial score (nSPS) is 11.6. The molecule has 6 nitrogen and oxygen atoms in total. The number of thiophene rings is 1. The highest BCUT2D eigenvalue weighted by atomic mass is 32.1. The van der Waals surface area contributed by atoms with Gasteiger partial charge in [-0.05, 0) is 57.0 Å². The summed E-state index contributed by atoms with van der Waals surface area (Å²) in [5.41, 5.74) is 3.13. The van der Waals surface area contributed by atoms with Crippen molar-refractivity contribution in [1.29, 1.82) is 0 Å². The number of aliphatic imine (C=N–C) groups is 1. The smallest absolute Gasteiger partial charge is 0.191 e. The van der Waals surface area contributed by atoms with Crippen LogP contribution in [0.3, 0.4) is 0 Å². The molecule has 28 heavy (non-hydrogen) atoms. The zero-order chi connectivity index (χ0) is 19.9. The summed E-state index contributed by atoms with van der Waals surface area (Å²) >= 11 is 1.85. The molecule has 0 unspecified atom stereocenters. The van der Waals surface area contributed by atoms with E-state index in [0.717, 1.165) is 48.2 Å². The van der Waals surface area contributed by atoms with E-state index >= 15 is 0 Å². The molecule has 0 aliphatic rings. The molecule has 0 aliphatic carbocycles. The van der Waals surface area contributed by atoms with Gasteiger partial charge >= 0.3 is 0 Å². The summed E-state index contributed by atoms with van der Waals surface area (Å²) in [5.74, 6) is 1.64. The molecular formula is C21H28N6S. The van der Waals surface area contributed by atoms with Crippen molar-refractivity contribution in [2.45, 2.75) is 47.2 Å². The van der Waals surface area contributed by atoms with Crippen molar-refractivity contribution < 1.29 is 0 Å². The van der Waals surface area contributed by atoms with Crippen molar-refractivity contribution in [2.75, 3.05) is 6.54 Å². The van der Waals surface area contributed by atoms with Gasteiger partial charge in [-0.15, -0.1) is 11.3 Å². The first-order chi connectivity index (χ1) is 13.6. The van der Waals surface area contributed by atoms with Crippen LogP contribution >= 0.6 is 11.3 Å². The van der Waals surface area contributed by atoms with Crippen LogP contribution in [-0.4, -0.2) is 27.3 Å². The molecule has 7 heteroatoms. The van der Waals surface area contributed by atoms with Crippen LogP contribution in [0.4, 0.5) is 0 Å². The lowest BCUT2D eigenvalue weighted by atomic mass is 10.3. The SMILES string of the molecule is CCNC(=NCc1ccc(-n2nc(C)cc2C)nc1)NCc1ccc(CC)s1. The minimum atomic E-state index is 0.574. The fraction of sp³-hybridized carbons (Fsp3) is 0.381. The first-order valence-corrected chi connectivity index (χ1v) is 10.5. The molecule has 0 saturated carbocycles. The summed E-state index contributed by atoms with van der Waals surface area (Å²) in [4.78, 5) is 12.0. The highest BCUT2D eigenvalue weighted by molar-refractivity contribution is 7.11. The third-order valence-corrected chi connectivity index (χ3v) is 5.53. The fourth-order valence-corrected chi connectivity index (χ4v) is 3.78. The molecule has 3 aromatic rings. The second kappa shape index (κ2) is 9.50. The number of rotatable bonds is 7. The van der Waals surface area contributed by atoms with E-state index in [1.165, 1.54) is 9.75 Å². The van der Waals surface area contributed by atoms with Gasteiger partial charge in [0.1, 0.15) is 0 Å². The predicted octanol–water partition coefficient (Wildman–Crippen LogP) is 3.76. The van der Waals surface area contributed by atoms with E-state index < -0.39 is 0 Å². The van der Waals surface area contributed by atoms with E-state index in [4.69, 9.17) is 0 Å². The van der Waals surface area contributed by atoms with Gasteiger partial charge < -0.3 is 10.6 Å². The van der Waals surface area contributed by atoms with Gasteiger partial charge in [0.25, 0.3) is 0 Å². The molecule has 0 fully saturated rings. The van der Waals surface area contributed by atoms with Crippen molar-refractivity contribution in [1.82, 2.24) is 25.4 Å². The Morgan fingerprint density at radius 2 is 1.93 bits per heavy atom. The Balaban J connectivity index is 1.62. The topological polar surface area (TPSA) is 67.1 Å². The molecule has 0 radical (unpaired) electrons. The molecule has 0 aliphatic heterocycles. The summed E-state index contributed by atoms with van der Waals surface area (Å²) in [6.07, 6.45) is 2.95. The number of aryl methyl sites for hydroxylation is 3. The van der Waals surface area contributed by atoms with Crippen LogP contribution in [0.1, 0.15) is 40.6 Å². The third-order valence-electron chi connectivity index (χ3n) is 4.30. The monoisotopic (exact) mass is 396 g/mol. The zero-order valence-corrected chi connectivity index (χ0v) is 17.8. The number of aromatic nitrogens is 3. The largest absolute Gasteiger partial charge is 0.357 e. The maximum atomic E-state index is 4.69. The predicted molar refractivity (Wildman–Crippen MR) is 116 cm³/mol. The van der Waals surface area contributed by atoms with Gasteiger partial charge in [-0.2, -0.15) is 5.10 Å². The van der Waals surface area contributed by atoms with Crippen LogP contribution in [0.25, 0.3) is 5.82 Å². The van der Waals surface area contributed by atoms with Crippen LogP contribution in [0.5, 0.6) is 0 Å². The van der Waals surface area contributed by atoms with Gasteiger partial charge in [0.05, 0.1) is 18.8 Å². The molecule has 3 heterocycles. The molecular weight excluding hydrogens is 368 g/mol. The standard InChI is InChI=1S/C21H28N6S/c1-5-18-8-9-19(28-18)14-25-21(22-6-2)24-13-17-7-10-20(23-12-17)27-16(4)11-15(3)26-27/h7-12H,5-6,13-14H2,1-4H3,(H2,22,24,25). The Morgan fingerprint density at radius 3 is 2.54 bits per heavy atom. The van der Waals surface area contributed by atoms with Crippen LogP contribution < -0.4 is 10.6 Å². The fourth-order valence-electron chi connectivity index (χ4n) is 2.89. The van der Waals surface area contributed by atoms with Gasteiger partial charge in [0, 0.05) is 28.2 Å². The second-order valence-corrected chi connectivity index (χ2v) is 7.89. The first kappa shape index (κ1) is 20.1. The first-order valence-electron chi connectivity index (χ1n) is 9.67. The molecule has 3 aromatic heterocycles. The van der Waals surface area contributed by atoms with Crippen molar-refractivity contribution in [3.05, 3.63) is 63.2 Å². The second-order valence-electron chi connectivity index (χ2n) is 6.63. The summed E-state index contributed by atoms with van der Waals surface area (Å²) in [7, 11) is 0. The third kappa shape index (κ3) is 5.19. The van der Waals surface area contributed by atoms with Gasteiger partial charge in [-0.25, -0.2) is 14.7 Å². The summed E-state index contributed by atoms with van der Waals surface area (Å²) in [6.45, 7) is 10.5. The van der Waals surface area contributed by atoms with E-state index in [1.807, 2.05) is 48.2 Å². The Morgan fingerprint density at radius 1 is 1.11 bits per heavy atom. The lowest BCUT2D eigenvalue weighted by Gasteiger charge is -2.10. The lowest BCUT2D eigenvalue weighted by Crippen LogP contribution is -2.36. The average molecular weight is 397 g/mol. The minimum absolute atomic E-state index is 0.574. The van der Waals surface area contributed by atoms with Crippen LogP contribution in [0.2, 0.25) is 0 Å². The molecule has 0 aromatic carbocycles. The number of hydrogen-bond donors (Lipinski definition) is 2. The van der Waals surface area contributed by atoms with Crippen molar-refractivity contribution in [3.8, 4) is 5.82 Å². The van der Waals surface area contributed by atoms with Gasteiger partial charge in [-0.1, -0.05) is 13.0 Å². The van der Waals surface area contributed by atoms with Gasteiger partial charge in [0.15, 0.2) is 11.8 Å². The van der Waals surface area contributed by atoms with E-state index in [0.29, 0.717) is 6.54 Å². The highest BCUT2D eigenvalue weighted by Crippen LogP contribution is 2.16. The van der Waals surface area contributed by atoms with Crippen LogP contribution in [0.15, 0.2) is 41.5 Å². The van der Waals surface area contributed by atoms with Crippen LogP contribution in [-0.2, 0) is 19.5 Å². The van der Waals surface area contributed by atoms with E-state index in [9.17, 15) is 0 Å². The number of pyridine rings is 1. The van der Waals surface area contributed by atoms with Crippen molar-refractivity contribution in [3.63, 3.8) is 0 Å². The molecule has 0 amide bonds. The Labute approximate surface area is 170 Å². The maximum Gasteiger partial charge on any atom is 0.191 e. The van der Waals surface area contributed by atoms with E-state index in [-0.39, 0.29) is 0 Å². The van der Waals surface area contributed by atoms with Gasteiger partial charge in [0.2, 0.25) is 0 Å². The quantitative estimate of drug-likeness (QED) is 0.471. The van der Waals surface area contributed by atoms with E-state index in [2.05, 4.69) is 57.8 Å². The number of guanidine groups is 1. The summed E-state index contributed by atoms with van der Waals surface area (Å²) < 4.78 is 1.86. The summed E-state index contributed by atoms with van der Waals surface area (Å²) in [6, 6.07) is 10.5. The number of hydrogen-bond acceptors (Lipinski definition) is 4. The molecule has 0 atom stereocenters. The van der Waals surface area contributed by atoms with E-state index in [1.54, 1.807) is 0 Å². The Kier molecular flexibility index (Phi) is 6.81. The summed E-state index contributed by atoms with van der Waals surface area (Å²) in [5, 5.41) is 11.2. The van der Waals surface area contributed by atoms with Crippen molar-refractivity contribution in [2.24, 2.45) is 4.99 Å². The van der Waals surface area contributed by atoms with Crippen LogP contribution in [0, 0.1) is 13.8 Å². The Bertz CT molecular complexity index is 923. The Hall–Kier alpha value is -2.67. The maximum absolute atomic E-state index is 4.69. The molecule has 3 rings (SSSR count). The molecule has 0 bridgehead atoms. The van der Waals surface area contributed by atoms with Crippen molar-refractivity contribution >= 4 is 17.3 Å². The highest BCUT2D eigenvalue weighted by Gasteiger charge is 2.05. The average Bonchev–Trinajstić information content (AvgIpc) is 3.30. The molecule has 0 spiro atoms. The zero-order valence-electron chi connectivity index (χ0n) is 17.0. The lowest BCUT2D eigenvalue weighted by molar-refractivity contribution is 0.800. The molecule has 148 valence electrons. The minimum Gasteiger partial charge on any atom is -0.357 e. The molecule has 2 N–H and O–H groups in total. The van der Waals surface area contributed by atoms with Gasteiger partial charge in [-0.3, -0.25) is 0 Å².